The lowest BCUT2D eigenvalue weighted by atomic mass is 9.86. The molecule has 22 heavy (non-hydrogen) atoms. The van der Waals surface area contributed by atoms with E-state index >= 15 is 0 Å². The first kappa shape index (κ1) is 16.8. The van der Waals surface area contributed by atoms with Gasteiger partial charge in [0, 0.05) is 16.9 Å². The summed E-state index contributed by atoms with van der Waals surface area (Å²) in [7, 11) is 0. The van der Waals surface area contributed by atoms with Crippen LogP contribution < -0.4 is 0 Å². The summed E-state index contributed by atoms with van der Waals surface area (Å²) in [6.45, 7) is 5.94. The molecule has 0 saturated heterocycles. The highest BCUT2D eigenvalue weighted by Crippen LogP contribution is 2.26. The molecule has 0 atom stereocenters. The van der Waals surface area contributed by atoms with E-state index < -0.39 is 5.41 Å². The molecule has 0 aliphatic rings. The van der Waals surface area contributed by atoms with Gasteiger partial charge in [0.2, 0.25) is 0 Å². The van der Waals surface area contributed by atoms with E-state index in [1.165, 1.54) is 11.1 Å². The number of aryl methyl sites for hydroxylation is 1. The zero-order valence-electron chi connectivity index (χ0n) is 13.5. The first-order chi connectivity index (χ1) is 10.5. The van der Waals surface area contributed by atoms with Gasteiger partial charge in [-0.15, -0.1) is 11.6 Å². The van der Waals surface area contributed by atoms with Crippen LogP contribution in [0.3, 0.4) is 0 Å². The summed E-state index contributed by atoms with van der Waals surface area (Å²) in [4.78, 5) is 12.4. The van der Waals surface area contributed by atoms with Crippen molar-refractivity contribution in [2.75, 3.05) is 5.88 Å². The topological polar surface area (TPSA) is 17.1 Å². The van der Waals surface area contributed by atoms with E-state index in [1.54, 1.807) is 0 Å². The van der Waals surface area contributed by atoms with Crippen LogP contribution in [-0.4, -0.2) is 11.7 Å². The molecule has 0 aliphatic carbocycles. The normalized spacial score (nSPS) is 11.5. The standard InChI is InChI=1S/C20H23ClO/c1-4-5-15-6-8-16(9-7-15)17-10-12-18(13-11-17)19(22)20(2,3)14-21/h6-13H,4-5,14H2,1-3H3. The van der Waals surface area contributed by atoms with Crippen LogP contribution in [0.1, 0.15) is 43.1 Å². The van der Waals surface area contributed by atoms with Crippen molar-refractivity contribution in [3.63, 3.8) is 0 Å². The summed E-state index contributed by atoms with van der Waals surface area (Å²) in [6.07, 6.45) is 2.27. The fourth-order valence-corrected chi connectivity index (χ4v) is 2.54. The van der Waals surface area contributed by atoms with Crippen LogP contribution in [0.25, 0.3) is 11.1 Å². The van der Waals surface area contributed by atoms with E-state index in [9.17, 15) is 4.79 Å². The molecule has 2 rings (SSSR count). The van der Waals surface area contributed by atoms with Crippen molar-refractivity contribution >= 4 is 17.4 Å². The lowest BCUT2D eigenvalue weighted by Gasteiger charge is -2.19. The molecule has 2 aromatic carbocycles. The Kier molecular flexibility index (Phi) is 5.42. The third-order valence-electron chi connectivity index (χ3n) is 3.92. The Hall–Kier alpha value is -1.60. The molecule has 0 N–H and O–H groups in total. The number of ketones is 1. The molecular weight excluding hydrogens is 292 g/mol. The molecule has 0 unspecified atom stereocenters. The zero-order valence-corrected chi connectivity index (χ0v) is 14.3. The van der Waals surface area contributed by atoms with E-state index in [1.807, 2.05) is 38.1 Å². The molecule has 0 aromatic heterocycles. The largest absolute Gasteiger partial charge is 0.294 e. The minimum Gasteiger partial charge on any atom is -0.294 e. The third kappa shape index (κ3) is 3.78. The molecule has 0 amide bonds. The Bertz CT molecular complexity index is 624. The summed E-state index contributed by atoms with van der Waals surface area (Å²) in [5.74, 6) is 0.416. The summed E-state index contributed by atoms with van der Waals surface area (Å²) in [5.41, 5.74) is 3.86. The molecule has 0 saturated carbocycles. The Morgan fingerprint density at radius 1 is 0.955 bits per heavy atom. The number of alkyl halides is 1. The summed E-state index contributed by atoms with van der Waals surface area (Å²) >= 11 is 5.88. The summed E-state index contributed by atoms with van der Waals surface area (Å²) < 4.78 is 0. The molecule has 0 bridgehead atoms. The lowest BCUT2D eigenvalue weighted by molar-refractivity contribution is 0.0862. The molecule has 116 valence electrons. The number of benzene rings is 2. The van der Waals surface area contributed by atoms with E-state index in [4.69, 9.17) is 11.6 Å². The SMILES string of the molecule is CCCc1ccc(-c2ccc(C(=O)C(C)(C)CCl)cc2)cc1. The van der Waals surface area contributed by atoms with Crippen LogP contribution in [0.2, 0.25) is 0 Å². The summed E-state index contributed by atoms with van der Waals surface area (Å²) in [6, 6.07) is 16.4. The van der Waals surface area contributed by atoms with Crippen molar-refractivity contribution in [1.29, 1.82) is 0 Å². The molecule has 2 aromatic rings. The number of carbonyl (C=O) groups is 1. The van der Waals surface area contributed by atoms with Gasteiger partial charge in [0.15, 0.2) is 5.78 Å². The average molecular weight is 315 g/mol. The van der Waals surface area contributed by atoms with Gasteiger partial charge in [-0.05, 0) is 23.1 Å². The maximum absolute atomic E-state index is 12.4. The zero-order chi connectivity index (χ0) is 16.2. The van der Waals surface area contributed by atoms with Crippen LogP contribution in [0.5, 0.6) is 0 Å². The molecule has 0 radical (unpaired) electrons. The number of hydrogen-bond donors (Lipinski definition) is 0. The van der Waals surface area contributed by atoms with Crippen LogP contribution in [0.15, 0.2) is 48.5 Å². The Balaban J connectivity index is 2.20. The first-order valence-electron chi connectivity index (χ1n) is 7.78. The maximum Gasteiger partial charge on any atom is 0.169 e. The second-order valence-corrected chi connectivity index (χ2v) is 6.64. The van der Waals surface area contributed by atoms with Crippen molar-refractivity contribution in [3.05, 3.63) is 59.7 Å². The van der Waals surface area contributed by atoms with Crippen LogP contribution in [0, 0.1) is 5.41 Å². The first-order valence-corrected chi connectivity index (χ1v) is 8.31. The van der Waals surface area contributed by atoms with Gasteiger partial charge in [-0.25, -0.2) is 0 Å². The second kappa shape index (κ2) is 7.11. The van der Waals surface area contributed by atoms with E-state index in [0.717, 1.165) is 24.0 Å². The molecule has 0 heterocycles. The smallest absolute Gasteiger partial charge is 0.169 e. The Morgan fingerprint density at radius 3 is 1.91 bits per heavy atom. The van der Waals surface area contributed by atoms with Gasteiger partial charge in [-0.2, -0.15) is 0 Å². The molecule has 0 spiro atoms. The highest BCUT2D eigenvalue weighted by molar-refractivity contribution is 6.21. The van der Waals surface area contributed by atoms with E-state index in [0.29, 0.717) is 5.88 Å². The van der Waals surface area contributed by atoms with Crippen molar-refractivity contribution in [2.45, 2.75) is 33.6 Å². The monoisotopic (exact) mass is 314 g/mol. The van der Waals surface area contributed by atoms with Crippen molar-refractivity contribution < 1.29 is 4.79 Å². The number of rotatable bonds is 6. The predicted molar refractivity (Wildman–Crippen MR) is 94.7 cm³/mol. The van der Waals surface area contributed by atoms with Crippen LogP contribution >= 0.6 is 11.6 Å². The fourth-order valence-electron chi connectivity index (χ4n) is 2.42. The lowest BCUT2D eigenvalue weighted by Crippen LogP contribution is -2.25. The van der Waals surface area contributed by atoms with E-state index in [-0.39, 0.29) is 5.78 Å². The van der Waals surface area contributed by atoms with Crippen molar-refractivity contribution in [2.24, 2.45) is 5.41 Å². The number of carbonyl (C=O) groups excluding carboxylic acids is 1. The van der Waals surface area contributed by atoms with Crippen LogP contribution in [0.4, 0.5) is 0 Å². The van der Waals surface area contributed by atoms with Crippen LogP contribution in [-0.2, 0) is 6.42 Å². The number of Topliss-reactive ketones (excluding diaryl/α,β-unsaturated/α-hetero) is 1. The van der Waals surface area contributed by atoms with Gasteiger partial charge >= 0.3 is 0 Å². The highest BCUT2D eigenvalue weighted by atomic mass is 35.5. The molecule has 2 heteroatoms. The molecular formula is C20H23ClO. The highest BCUT2D eigenvalue weighted by Gasteiger charge is 2.27. The Morgan fingerprint density at radius 2 is 1.45 bits per heavy atom. The average Bonchev–Trinajstić information content (AvgIpc) is 2.55. The summed E-state index contributed by atoms with van der Waals surface area (Å²) in [5, 5.41) is 0. The van der Waals surface area contributed by atoms with Gasteiger partial charge < -0.3 is 0 Å². The third-order valence-corrected chi connectivity index (χ3v) is 4.59. The quantitative estimate of drug-likeness (QED) is 0.490. The van der Waals surface area contributed by atoms with Gasteiger partial charge in [-0.1, -0.05) is 75.7 Å². The second-order valence-electron chi connectivity index (χ2n) is 6.37. The molecule has 1 nitrogen and oxygen atoms in total. The maximum atomic E-state index is 12.4. The fraction of sp³-hybridized carbons (Fsp3) is 0.350. The van der Waals surface area contributed by atoms with Gasteiger partial charge in [-0.3, -0.25) is 4.79 Å². The minimum atomic E-state index is -0.523. The van der Waals surface area contributed by atoms with E-state index in [2.05, 4.69) is 31.2 Å². The number of halogens is 1. The van der Waals surface area contributed by atoms with Crippen molar-refractivity contribution in [1.82, 2.24) is 0 Å². The van der Waals surface area contributed by atoms with Gasteiger partial charge in [0.25, 0.3) is 0 Å². The number of hydrogen-bond acceptors (Lipinski definition) is 1. The molecule has 0 aliphatic heterocycles. The van der Waals surface area contributed by atoms with Gasteiger partial charge in [0.05, 0.1) is 0 Å². The van der Waals surface area contributed by atoms with Gasteiger partial charge in [0.1, 0.15) is 0 Å². The minimum absolute atomic E-state index is 0.0901. The predicted octanol–water partition coefficient (Wildman–Crippen LogP) is 5.75. The van der Waals surface area contributed by atoms with Crippen molar-refractivity contribution in [3.8, 4) is 11.1 Å². The Labute approximate surface area is 138 Å². The molecule has 0 fully saturated rings.